The molecule has 0 saturated heterocycles. The van der Waals surface area contributed by atoms with Gasteiger partial charge in [0.1, 0.15) is 11.4 Å². The van der Waals surface area contributed by atoms with E-state index < -0.39 is 91.9 Å². The van der Waals surface area contributed by atoms with Gasteiger partial charge >= 0.3 is 25.8 Å². The number of nitrogens with zero attached hydrogens (tertiary/aromatic N) is 2. The van der Waals surface area contributed by atoms with Gasteiger partial charge < -0.3 is 10.2 Å². The van der Waals surface area contributed by atoms with E-state index in [4.69, 9.17) is 0 Å². The molecule has 6 rings (SSSR count). The molecule has 6 aromatic rings. The van der Waals surface area contributed by atoms with E-state index in [9.17, 15) is 54.1 Å². The Bertz CT molecular complexity index is 2300. The van der Waals surface area contributed by atoms with Crippen LogP contribution in [0, 0.1) is 72.0 Å². The van der Waals surface area contributed by atoms with Gasteiger partial charge in [-0.2, -0.15) is 49.2 Å². The fraction of sp³-hybridized carbons (Fsp3) is 0.167. The van der Waals surface area contributed by atoms with Gasteiger partial charge in [0.25, 0.3) is 0 Å². The van der Waals surface area contributed by atoms with Crippen LogP contribution in [0.25, 0.3) is 0 Å². The average molecular weight is 1050 g/mol. The van der Waals surface area contributed by atoms with E-state index in [1.807, 2.05) is 60.7 Å². The van der Waals surface area contributed by atoms with Crippen molar-refractivity contribution in [2.45, 2.75) is 52.4 Å². The predicted octanol–water partition coefficient (Wildman–Crippen LogP) is 12.7. The zero-order valence-electron chi connectivity index (χ0n) is 34.8. The molecule has 15 heteroatoms. The van der Waals surface area contributed by atoms with Crippen LogP contribution in [0.3, 0.4) is 0 Å². The topological polar surface area (TPSA) is 70.8 Å². The van der Waals surface area contributed by atoms with Crippen molar-refractivity contribution in [3.8, 4) is 11.5 Å². The van der Waals surface area contributed by atoms with E-state index in [0.717, 1.165) is 23.6 Å². The van der Waals surface area contributed by atoms with E-state index in [0.29, 0.717) is 11.1 Å². The molecule has 0 saturated carbocycles. The van der Waals surface area contributed by atoms with Crippen LogP contribution >= 0.6 is 0 Å². The smallest absolute Gasteiger partial charge is 0.872 e. The van der Waals surface area contributed by atoms with Gasteiger partial charge in [-0.1, -0.05) is 102 Å². The molecule has 0 aliphatic carbocycles. The predicted molar refractivity (Wildman–Crippen MR) is 218 cm³/mol. The van der Waals surface area contributed by atoms with Crippen molar-refractivity contribution in [2.24, 2.45) is 9.98 Å². The minimum Gasteiger partial charge on any atom is -0.872 e. The maximum Gasteiger partial charge on any atom is 4.00 e. The summed E-state index contributed by atoms with van der Waals surface area (Å²) in [5.74, 6) is -22.0. The second-order valence-electron chi connectivity index (χ2n) is 15.3. The molecule has 63 heavy (non-hydrogen) atoms. The van der Waals surface area contributed by atoms with Gasteiger partial charge in [-0.15, -0.1) is 24.3 Å². The molecule has 0 spiro atoms. The second kappa shape index (κ2) is 23.0. The monoisotopic (exact) mass is 1050 g/mol. The van der Waals surface area contributed by atoms with E-state index in [2.05, 4.69) is 23.8 Å². The Balaban J connectivity index is 0.000000327. The van der Waals surface area contributed by atoms with Crippen molar-refractivity contribution in [2.75, 3.05) is 0 Å². The van der Waals surface area contributed by atoms with E-state index in [-0.39, 0.29) is 37.0 Å². The first-order chi connectivity index (χ1) is 28.9. The van der Waals surface area contributed by atoms with Crippen LogP contribution in [0.2, 0.25) is 0 Å². The Kier molecular flexibility index (Phi) is 19.5. The number of benzene rings is 6. The number of hydrogen-bond donors (Lipinski definition) is 0. The number of rotatable bonds is 4. The summed E-state index contributed by atoms with van der Waals surface area (Å²) in [6, 6.07) is 28.7. The van der Waals surface area contributed by atoms with Crippen LogP contribution in [0.4, 0.5) is 55.3 Å². The summed E-state index contributed by atoms with van der Waals surface area (Å²) < 4.78 is 133. The van der Waals surface area contributed by atoms with E-state index in [1.54, 1.807) is 65.8 Å². The Morgan fingerprint density at radius 1 is 0.397 bits per heavy atom. The maximum absolute atomic E-state index is 13.6. The van der Waals surface area contributed by atoms with Crippen molar-refractivity contribution in [3.05, 3.63) is 202 Å². The molecule has 0 bridgehead atoms. The summed E-state index contributed by atoms with van der Waals surface area (Å²) in [5.41, 5.74) is -0.675. The number of para-hydroxylation sites is 2. The first-order valence-corrected chi connectivity index (χ1v) is 18.4. The molecule has 4 nitrogen and oxygen atoms in total. The van der Waals surface area contributed by atoms with Gasteiger partial charge in [-0.25, -0.2) is 53.9 Å². The normalized spacial score (nSPS) is 11.2. The molecule has 0 aromatic heterocycles. The number of aliphatic imine (C=N–C) groups is 2. The van der Waals surface area contributed by atoms with E-state index >= 15 is 0 Å². The van der Waals surface area contributed by atoms with Gasteiger partial charge in [0, 0.05) is 12.4 Å². The molecule has 0 N–H and O–H groups in total. The van der Waals surface area contributed by atoms with Gasteiger partial charge in [-0.05, 0) is 33.1 Å². The Labute approximate surface area is 378 Å². The minimum atomic E-state index is -2.26. The van der Waals surface area contributed by atoms with Gasteiger partial charge in [-0.3, -0.25) is 0 Å². The van der Waals surface area contributed by atoms with Crippen LogP contribution in [0.5, 0.6) is 11.5 Å². The van der Waals surface area contributed by atoms with Gasteiger partial charge in [0.05, 0.1) is 0 Å². The number of hydrogen-bond acceptors (Lipinski definition) is 4. The molecule has 0 atom stereocenters. The first kappa shape index (κ1) is 53.3. The quantitative estimate of drug-likeness (QED) is 0.0441. The Morgan fingerprint density at radius 2 is 0.651 bits per heavy atom. The Hall–Kier alpha value is -5.83. The molecule has 0 unspecified atom stereocenters. The zero-order valence-corrected chi connectivity index (χ0v) is 38.4. The SMILES string of the molecule is CC(C)(C)c1cccc(C=Nc2c(F)c(F)c(F)c(F)c2F)c1[O-].CC(C)(C)c1cccc(C=Nc2c(F)c(F)c(F)c(F)c2F)c1[O-].[CH2-]c1ccccc1.[CH2-]c1ccccc1.[Hf+4]. The van der Waals surface area contributed by atoms with Crippen LogP contribution in [0.1, 0.15) is 74.9 Å². The molecule has 0 aliphatic rings. The summed E-state index contributed by atoms with van der Waals surface area (Å²) >= 11 is 0. The number of halogens is 10. The zero-order chi connectivity index (χ0) is 46.7. The molecule has 0 radical (unpaired) electrons. The van der Waals surface area contributed by atoms with Crippen molar-refractivity contribution in [1.82, 2.24) is 0 Å². The van der Waals surface area contributed by atoms with Crippen LogP contribution in [-0.2, 0) is 36.7 Å². The van der Waals surface area contributed by atoms with Crippen molar-refractivity contribution < 1.29 is 80.0 Å². The standard InChI is InChI=1S/2C17H14F5NO.2C7H7.Hf/c2*1-17(2,3)9-6-4-5-8(16(9)24)7-23-15-13(21)11(19)10(18)12(20)14(15)22;2*1-7-5-3-2-4-6-7;/h2*4-7,24H,1-3H3;2*2-6H,1H2;/q;;2*-1;+4/p-2. The van der Waals surface area contributed by atoms with Crippen LogP contribution in [0.15, 0.2) is 107 Å². The molecule has 6 aromatic carbocycles. The molecule has 0 fully saturated rings. The first-order valence-electron chi connectivity index (χ1n) is 18.4. The minimum absolute atomic E-state index is 0. The van der Waals surface area contributed by atoms with E-state index in [1.165, 1.54) is 12.1 Å². The summed E-state index contributed by atoms with van der Waals surface area (Å²) in [6.45, 7) is 18.2. The van der Waals surface area contributed by atoms with Crippen molar-refractivity contribution in [1.29, 1.82) is 0 Å². The largest absolute Gasteiger partial charge is 4.00 e. The molecule has 0 amide bonds. The third-order valence-electron chi connectivity index (χ3n) is 8.43. The molecular weight excluding hydrogens is 1010 g/mol. The van der Waals surface area contributed by atoms with Gasteiger partial charge in [0.15, 0.2) is 46.5 Å². The maximum atomic E-state index is 13.6. The fourth-order valence-electron chi connectivity index (χ4n) is 5.13. The summed E-state index contributed by atoms with van der Waals surface area (Å²) in [6.07, 6.45) is 1.58. The van der Waals surface area contributed by atoms with Crippen molar-refractivity contribution >= 4 is 23.8 Å². The molecular formula is C48H40F10HfN2O2. The third kappa shape index (κ3) is 14.1. The summed E-state index contributed by atoms with van der Waals surface area (Å²) in [4.78, 5) is 6.60. The van der Waals surface area contributed by atoms with Crippen molar-refractivity contribution in [3.63, 3.8) is 0 Å². The third-order valence-corrected chi connectivity index (χ3v) is 8.43. The van der Waals surface area contributed by atoms with Crippen LogP contribution in [-0.4, -0.2) is 12.4 Å². The summed E-state index contributed by atoms with van der Waals surface area (Å²) in [5, 5.41) is 24.6. The fourth-order valence-corrected chi connectivity index (χ4v) is 5.13. The molecule has 0 heterocycles. The second-order valence-corrected chi connectivity index (χ2v) is 15.3. The average Bonchev–Trinajstić information content (AvgIpc) is 3.22. The van der Waals surface area contributed by atoms with Crippen LogP contribution < -0.4 is 10.2 Å². The molecule has 328 valence electrons. The Morgan fingerprint density at radius 3 is 0.873 bits per heavy atom. The molecule has 0 aliphatic heterocycles. The van der Waals surface area contributed by atoms with Gasteiger partial charge in [0.2, 0.25) is 11.6 Å². The summed E-state index contributed by atoms with van der Waals surface area (Å²) in [7, 11) is 0.